The van der Waals surface area contributed by atoms with Crippen LogP contribution in [0.25, 0.3) is 0 Å². The number of anilines is 1. The molecule has 4 nitrogen and oxygen atoms in total. The van der Waals surface area contributed by atoms with Crippen LogP contribution >= 0.6 is 30.3 Å². The first-order chi connectivity index (χ1) is 12.4. The monoisotopic (exact) mass is 479 g/mol. The second-order valence-electron chi connectivity index (χ2n) is 5.90. The third-order valence-electron chi connectivity index (χ3n) is 3.62. The number of rotatable bonds is 6. The Morgan fingerprint density at radius 3 is 1.69 bits per heavy atom. The molecule has 0 saturated heterocycles. The van der Waals surface area contributed by atoms with Gasteiger partial charge < -0.3 is 9.05 Å². The summed E-state index contributed by atoms with van der Waals surface area (Å²) in [5, 5.41) is 2.95. The number of hydrogen-bond donors (Lipinski definition) is 1. The summed E-state index contributed by atoms with van der Waals surface area (Å²) in [6.45, 7) is 3.97. The van der Waals surface area contributed by atoms with Crippen LogP contribution in [0.15, 0.2) is 72.8 Å². The van der Waals surface area contributed by atoms with Crippen LogP contribution in [0.4, 0.5) is 5.69 Å². The van der Waals surface area contributed by atoms with Crippen molar-refractivity contribution in [2.45, 2.75) is 13.8 Å². The van der Waals surface area contributed by atoms with Crippen molar-refractivity contribution in [2.24, 2.45) is 0 Å². The number of hydrogen-bond acceptors (Lipinski definition) is 3. The summed E-state index contributed by atoms with van der Waals surface area (Å²) in [7, 11) is -3.70. The molecule has 1 N–H and O–H groups in total. The van der Waals surface area contributed by atoms with Crippen molar-refractivity contribution >= 4 is 36.0 Å². The van der Waals surface area contributed by atoms with Gasteiger partial charge in [0.15, 0.2) is 0 Å². The molecule has 3 aromatic carbocycles. The zero-order valence-electron chi connectivity index (χ0n) is 14.5. The van der Waals surface area contributed by atoms with E-state index in [4.69, 9.17) is 9.05 Å². The summed E-state index contributed by atoms with van der Waals surface area (Å²) >= 11 is 2.18. The lowest BCUT2D eigenvalue weighted by Gasteiger charge is -2.21. The molecule has 134 valence electrons. The third-order valence-corrected chi connectivity index (χ3v) is 5.98. The molecule has 3 rings (SSSR count). The normalized spacial score (nSPS) is 11.0. The first-order valence-corrected chi connectivity index (χ1v) is 10.7. The zero-order valence-corrected chi connectivity index (χ0v) is 17.5. The predicted octanol–water partition coefficient (Wildman–Crippen LogP) is 6.59. The maximum Gasteiger partial charge on any atom is 0.541 e. The van der Waals surface area contributed by atoms with E-state index in [-0.39, 0.29) is 0 Å². The molecule has 0 aliphatic heterocycles. The van der Waals surface area contributed by atoms with Gasteiger partial charge in [-0.05, 0) is 72.8 Å². The number of para-hydroxylation sites is 1. The average Bonchev–Trinajstić information content (AvgIpc) is 2.61. The number of nitrogens with one attached hydrogen (secondary N) is 1. The SMILES string of the molecule is Cc1ccc(OP(=O)(Nc2ccccc2I)Oc2ccc(C)cc2)cc1. The summed E-state index contributed by atoms with van der Waals surface area (Å²) in [5.41, 5.74) is 2.88. The third kappa shape index (κ3) is 5.02. The quantitative estimate of drug-likeness (QED) is 0.320. The fourth-order valence-electron chi connectivity index (χ4n) is 2.24. The Morgan fingerprint density at radius 2 is 1.23 bits per heavy atom. The maximum atomic E-state index is 13.5. The van der Waals surface area contributed by atoms with Gasteiger partial charge in [0.1, 0.15) is 11.5 Å². The van der Waals surface area contributed by atoms with E-state index in [1.165, 1.54) is 0 Å². The van der Waals surface area contributed by atoms with Gasteiger partial charge >= 0.3 is 7.75 Å². The minimum atomic E-state index is -3.70. The van der Waals surface area contributed by atoms with E-state index in [2.05, 4.69) is 27.7 Å². The lowest BCUT2D eigenvalue weighted by atomic mass is 10.2. The molecule has 6 heteroatoms. The van der Waals surface area contributed by atoms with E-state index in [0.29, 0.717) is 17.2 Å². The zero-order chi connectivity index (χ0) is 18.6. The van der Waals surface area contributed by atoms with Crippen molar-refractivity contribution in [3.63, 3.8) is 0 Å². The molecule has 0 fully saturated rings. The molecule has 0 atom stereocenters. The Morgan fingerprint density at radius 1 is 0.769 bits per heavy atom. The van der Waals surface area contributed by atoms with E-state index in [1.54, 1.807) is 24.3 Å². The molecular weight excluding hydrogens is 460 g/mol. The molecule has 26 heavy (non-hydrogen) atoms. The fourth-order valence-corrected chi connectivity index (χ4v) is 4.39. The predicted molar refractivity (Wildman–Crippen MR) is 114 cm³/mol. The van der Waals surface area contributed by atoms with Gasteiger partial charge in [0.05, 0.1) is 5.69 Å². The molecule has 0 spiro atoms. The van der Waals surface area contributed by atoms with Gasteiger partial charge in [-0.3, -0.25) is 5.09 Å². The first-order valence-electron chi connectivity index (χ1n) is 8.09. The highest BCUT2D eigenvalue weighted by atomic mass is 127. The van der Waals surface area contributed by atoms with Crippen molar-refractivity contribution in [1.29, 1.82) is 0 Å². The van der Waals surface area contributed by atoms with Crippen molar-refractivity contribution in [3.05, 3.63) is 87.5 Å². The van der Waals surface area contributed by atoms with Crippen LogP contribution in [-0.4, -0.2) is 0 Å². The standard InChI is InChI=1S/C20H19INO3P/c1-15-7-11-17(12-8-15)24-26(23,22-20-6-4-3-5-19(20)21)25-18-13-9-16(2)10-14-18/h3-14H,1-2H3,(H,22,23). The van der Waals surface area contributed by atoms with Crippen LogP contribution in [0.1, 0.15) is 11.1 Å². The number of halogens is 1. The first kappa shape index (κ1) is 18.8. The molecule has 0 aliphatic carbocycles. The number of benzene rings is 3. The minimum absolute atomic E-state index is 0.476. The van der Waals surface area contributed by atoms with Gasteiger partial charge in [0, 0.05) is 3.57 Å². The van der Waals surface area contributed by atoms with E-state index in [1.807, 2.05) is 62.4 Å². The molecule has 0 saturated carbocycles. The molecule has 0 aromatic heterocycles. The Hall–Kier alpha value is -1.98. The van der Waals surface area contributed by atoms with Crippen LogP contribution in [-0.2, 0) is 4.57 Å². The van der Waals surface area contributed by atoms with Crippen LogP contribution in [0, 0.1) is 17.4 Å². The van der Waals surface area contributed by atoms with Crippen LogP contribution in [0.3, 0.4) is 0 Å². The van der Waals surface area contributed by atoms with E-state index in [0.717, 1.165) is 14.7 Å². The highest BCUT2D eigenvalue weighted by Gasteiger charge is 2.29. The average molecular weight is 479 g/mol. The summed E-state index contributed by atoms with van der Waals surface area (Å²) in [6, 6.07) is 22.3. The van der Waals surface area contributed by atoms with Crippen LogP contribution in [0.2, 0.25) is 0 Å². The second kappa shape index (κ2) is 8.14. The van der Waals surface area contributed by atoms with Crippen molar-refractivity contribution in [1.82, 2.24) is 0 Å². The van der Waals surface area contributed by atoms with E-state index >= 15 is 0 Å². The molecular formula is C20H19INO3P. The van der Waals surface area contributed by atoms with Gasteiger partial charge in [0.2, 0.25) is 0 Å². The highest BCUT2D eigenvalue weighted by Crippen LogP contribution is 2.49. The molecule has 0 heterocycles. The minimum Gasteiger partial charge on any atom is -0.400 e. The molecule has 0 unspecified atom stereocenters. The lowest BCUT2D eigenvalue weighted by molar-refractivity contribution is 0.392. The van der Waals surface area contributed by atoms with Crippen LogP contribution in [0.5, 0.6) is 11.5 Å². The smallest absolute Gasteiger partial charge is 0.400 e. The largest absolute Gasteiger partial charge is 0.541 e. The molecule has 0 bridgehead atoms. The van der Waals surface area contributed by atoms with Crippen LogP contribution < -0.4 is 14.1 Å². The summed E-state index contributed by atoms with van der Waals surface area (Å²) in [5.74, 6) is 0.953. The van der Waals surface area contributed by atoms with Gasteiger partial charge in [-0.1, -0.05) is 47.5 Å². The van der Waals surface area contributed by atoms with Crippen molar-refractivity contribution in [3.8, 4) is 11.5 Å². The van der Waals surface area contributed by atoms with Crippen molar-refractivity contribution < 1.29 is 13.6 Å². The summed E-state index contributed by atoms with van der Waals surface area (Å²) in [4.78, 5) is 0. The van der Waals surface area contributed by atoms with Crippen molar-refractivity contribution in [2.75, 3.05) is 5.09 Å². The van der Waals surface area contributed by atoms with Gasteiger partial charge in [-0.25, -0.2) is 4.57 Å². The van der Waals surface area contributed by atoms with Gasteiger partial charge in [0.25, 0.3) is 0 Å². The van der Waals surface area contributed by atoms with Gasteiger partial charge in [-0.2, -0.15) is 0 Å². The van der Waals surface area contributed by atoms with E-state index in [9.17, 15) is 4.57 Å². The van der Waals surface area contributed by atoms with E-state index < -0.39 is 7.75 Å². The summed E-state index contributed by atoms with van der Waals surface area (Å²) in [6.07, 6.45) is 0. The summed E-state index contributed by atoms with van der Waals surface area (Å²) < 4.78 is 25.9. The molecule has 0 aliphatic rings. The Bertz CT molecular complexity index is 875. The topological polar surface area (TPSA) is 47.6 Å². The number of aryl methyl sites for hydroxylation is 2. The fraction of sp³-hybridized carbons (Fsp3) is 0.100. The molecule has 0 amide bonds. The molecule has 0 radical (unpaired) electrons. The Kier molecular flexibility index (Phi) is 5.89. The highest BCUT2D eigenvalue weighted by molar-refractivity contribution is 14.1. The van der Waals surface area contributed by atoms with Gasteiger partial charge in [-0.15, -0.1) is 0 Å². The molecule has 3 aromatic rings. The Labute approximate surface area is 167 Å². The Balaban J connectivity index is 1.91. The maximum absolute atomic E-state index is 13.5. The second-order valence-corrected chi connectivity index (χ2v) is 8.64. The lowest BCUT2D eigenvalue weighted by Crippen LogP contribution is -2.10.